The molecule has 0 unspecified atom stereocenters. The van der Waals surface area contributed by atoms with Crippen molar-refractivity contribution in [3.05, 3.63) is 62.6 Å². The Bertz CT molecular complexity index is 1000. The van der Waals surface area contributed by atoms with Gasteiger partial charge in [-0.05, 0) is 61.9 Å². The van der Waals surface area contributed by atoms with Crippen molar-refractivity contribution >= 4 is 17.6 Å². The lowest BCUT2D eigenvalue weighted by Crippen LogP contribution is -2.21. The average Bonchev–Trinajstić information content (AvgIpc) is 2.71. The van der Waals surface area contributed by atoms with E-state index < -0.39 is 17.4 Å². The molecule has 158 valence electrons. The van der Waals surface area contributed by atoms with Crippen LogP contribution >= 0.6 is 0 Å². The summed E-state index contributed by atoms with van der Waals surface area (Å²) in [6, 6.07) is 9.50. The van der Waals surface area contributed by atoms with Crippen LogP contribution in [0, 0.1) is 25.2 Å². The van der Waals surface area contributed by atoms with E-state index in [1.54, 1.807) is 13.8 Å². The zero-order valence-corrected chi connectivity index (χ0v) is 17.6. The number of carbonyl (C=O) groups is 2. The molecule has 2 rings (SSSR count). The predicted molar refractivity (Wildman–Crippen MR) is 114 cm³/mol. The van der Waals surface area contributed by atoms with Gasteiger partial charge in [0.15, 0.2) is 6.61 Å². The summed E-state index contributed by atoms with van der Waals surface area (Å²) >= 11 is 0. The number of amides is 1. The molecule has 0 fully saturated rings. The molecular formula is C23H27N3O4. The molecule has 0 radical (unpaired) electrons. The molecule has 2 N–H and O–H groups in total. The highest BCUT2D eigenvalue weighted by Crippen LogP contribution is 2.15. The van der Waals surface area contributed by atoms with Crippen molar-refractivity contribution in [2.24, 2.45) is 0 Å². The van der Waals surface area contributed by atoms with Gasteiger partial charge in [0.2, 0.25) is 0 Å². The molecule has 0 bridgehead atoms. The van der Waals surface area contributed by atoms with E-state index in [2.05, 4.69) is 17.2 Å². The Morgan fingerprint density at radius 1 is 1.17 bits per heavy atom. The number of H-pyrrole nitrogens is 1. The van der Waals surface area contributed by atoms with Gasteiger partial charge in [-0.1, -0.05) is 25.5 Å². The molecule has 0 saturated carbocycles. The van der Waals surface area contributed by atoms with Crippen LogP contribution in [0.2, 0.25) is 0 Å². The van der Waals surface area contributed by atoms with Crippen molar-refractivity contribution in [1.29, 1.82) is 5.26 Å². The average molecular weight is 409 g/mol. The molecule has 7 heteroatoms. The largest absolute Gasteiger partial charge is 0.456 e. The number of benzene rings is 1. The topological polar surface area (TPSA) is 112 Å². The van der Waals surface area contributed by atoms with Gasteiger partial charge < -0.3 is 15.0 Å². The molecule has 30 heavy (non-hydrogen) atoms. The summed E-state index contributed by atoms with van der Waals surface area (Å²) in [5.41, 5.74) is 3.39. The molecule has 0 spiro atoms. The first-order valence-corrected chi connectivity index (χ1v) is 10.0. The third-order valence-electron chi connectivity index (χ3n) is 4.92. The number of esters is 1. The van der Waals surface area contributed by atoms with Gasteiger partial charge in [-0.25, -0.2) is 0 Å². The molecule has 1 heterocycles. The summed E-state index contributed by atoms with van der Waals surface area (Å²) < 4.78 is 5.05. The number of aryl methyl sites for hydroxylation is 2. The number of carbonyl (C=O) groups excluding carboxylic acids is 2. The Labute approximate surface area is 176 Å². The van der Waals surface area contributed by atoms with E-state index in [0.717, 1.165) is 24.8 Å². The Hall–Kier alpha value is -3.40. The van der Waals surface area contributed by atoms with Crippen molar-refractivity contribution in [1.82, 2.24) is 4.98 Å². The fraction of sp³-hybridized carbons (Fsp3) is 0.391. The number of pyridine rings is 1. The molecule has 0 atom stereocenters. The smallest absolute Gasteiger partial charge is 0.306 e. The number of hydrogen-bond acceptors (Lipinski definition) is 5. The lowest BCUT2D eigenvalue weighted by atomic mass is 9.99. The Morgan fingerprint density at radius 2 is 1.87 bits per heavy atom. The molecule has 0 aliphatic carbocycles. The van der Waals surface area contributed by atoms with Crippen LogP contribution in [0.1, 0.15) is 54.1 Å². The first-order valence-electron chi connectivity index (χ1n) is 10.0. The van der Waals surface area contributed by atoms with Crippen molar-refractivity contribution < 1.29 is 14.3 Å². The number of ether oxygens (including phenoxy) is 1. The van der Waals surface area contributed by atoms with Crippen molar-refractivity contribution in [3.63, 3.8) is 0 Å². The molecule has 0 saturated heterocycles. The van der Waals surface area contributed by atoms with Gasteiger partial charge in [0.05, 0.1) is 0 Å². The molecule has 7 nitrogen and oxygen atoms in total. The second-order valence-corrected chi connectivity index (χ2v) is 7.18. The maximum Gasteiger partial charge on any atom is 0.306 e. The number of nitrogens with one attached hydrogen (secondary N) is 2. The van der Waals surface area contributed by atoms with Crippen molar-refractivity contribution in [2.45, 2.75) is 52.9 Å². The molecule has 0 aliphatic heterocycles. The van der Waals surface area contributed by atoms with Gasteiger partial charge in [-0.3, -0.25) is 14.4 Å². The van der Waals surface area contributed by atoms with Crippen molar-refractivity contribution in [2.75, 3.05) is 11.9 Å². The molecule has 1 aromatic carbocycles. The summed E-state index contributed by atoms with van der Waals surface area (Å²) in [5.74, 6) is -0.934. The van der Waals surface area contributed by atoms with Crippen LogP contribution in [0.4, 0.5) is 5.69 Å². The van der Waals surface area contributed by atoms with Crippen LogP contribution < -0.4 is 10.9 Å². The number of nitrogens with zero attached hydrogens (tertiary/aromatic N) is 1. The Morgan fingerprint density at radius 3 is 2.50 bits per heavy atom. The van der Waals surface area contributed by atoms with Gasteiger partial charge in [0, 0.05) is 17.8 Å². The lowest BCUT2D eigenvalue weighted by Gasteiger charge is -2.11. The Kier molecular flexibility index (Phi) is 8.36. The number of anilines is 1. The second-order valence-electron chi connectivity index (χ2n) is 7.18. The third kappa shape index (κ3) is 6.31. The third-order valence-corrected chi connectivity index (χ3v) is 4.92. The van der Waals surface area contributed by atoms with Crippen LogP contribution in [0.5, 0.6) is 0 Å². The zero-order chi connectivity index (χ0) is 22.1. The van der Waals surface area contributed by atoms with Gasteiger partial charge in [0.1, 0.15) is 11.6 Å². The van der Waals surface area contributed by atoms with E-state index >= 15 is 0 Å². The van der Waals surface area contributed by atoms with Crippen LogP contribution in [-0.2, 0) is 27.2 Å². The van der Waals surface area contributed by atoms with E-state index in [-0.39, 0.29) is 18.6 Å². The first kappa shape index (κ1) is 22.9. The van der Waals surface area contributed by atoms with Crippen LogP contribution in [0.3, 0.4) is 0 Å². The van der Waals surface area contributed by atoms with Gasteiger partial charge in [0.25, 0.3) is 11.5 Å². The number of rotatable bonds is 9. The molecule has 1 amide bonds. The standard InChI is InChI=1S/C23H27N3O4/c1-4-5-6-17-7-9-18(10-8-17)26-21(27)14-30-22(28)12-11-19-15(2)20(13-24)23(29)25-16(19)3/h7-10H,4-6,11-12,14H2,1-3H3,(H,25,29)(H,26,27). The SMILES string of the molecule is CCCCc1ccc(NC(=O)COC(=O)CCc2c(C)[nH]c(=O)c(C#N)c2C)cc1. The summed E-state index contributed by atoms with van der Waals surface area (Å²) in [6.07, 6.45) is 3.61. The number of nitriles is 1. The summed E-state index contributed by atoms with van der Waals surface area (Å²) in [5, 5.41) is 11.8. The van der Waals surface area contributed by atoms with Gasteiger partial charge in [-0.2, -0.15) is 5.26 Å². The van der Waals surface area contributed by atoms with E-state index in [4.69, 9.17) is 10.00 Å². The molecule has 2 aromatic rings. The lowest BCUT2D eigenvalue weighted by molar-refractivity contribution is -0.147. The van der Waals surface area contributed by atoms with Gasteiger partial charge >= 0.3 is 5.97 Å². The van der Waals surface area contributed by atoms with E-state index in [0.29, 0.717) is 23.4 Å². The highest BCUT2D eigenvalue weighted by atomic mass is 16.5. The van der Waals surface area contributed by atoms with Crippen LogP contribution in [0.25, 0.3) is 0 Å². The zero-order valence-electron chi connectivity index (χ0n) is 17.6. The number of aromatic nitrogens is 1. The number of unbranched alkanes of at least 4 members (excludes halogenated alkanes) is 1. The highest BCUT2D eigenvalue weighted by Gasteiger charge is 2.14. The molecular weight excluding hydrogens is 382 g/mol. The predicted octanol–water partition coefficient (Wildman–Crippen LogP) is 3.32. The highest BCUT2D eigenvalue weighted by molar-refractivity contribution is 5.92. The Balaban J connectivity index is 1.83. The van der Waals surface area contributed by atoms with Crippen LogP contribution in [-0.4, -0.2) is 23.5 Å². The minimum atomic E-state index is -0.524. The van der Waals surface area contributed by atoms with Crippen LogP contribution in [0.15, 0.2) is 29.1 Å². The normalized spacial score (nSPS) is 10.3. The summed E-state index contributed by atoms with van der Waals surface area (Å²) in [6.45, 7) is 5.17. The quantitative estimate of drug-likeness (QED) is 0.617. The second kappa shape index (κ2) is 11.0. The van der Waals surface area contributed by atoms with Gasteiger partial charge in [-0.15, -0.1) is 0 Å². The van der Waals surface area contributed by atoms with E-state index in [9.17, 15) is 14.4 Å². The molecule has 0 aliphatic rings. The fourth-order valence-corrected chi connectivity index (χ4v) is 3.20. The number of aromatic amines is 1. The fourth-order valence-electron chi connectivity index (χ4n) is 3.20. The van der Waals surface area contributed by atoms with E-state index in [1.807, 2.05) is 30.3 Å². The van der Waals surface area contributed by atoms with E-state index in [1.165, 1.54) is 5.56 Å². The van der Waals surface area contributed by atoms with Crippen molar-refractivity contribution in [3.8, 4) is 6.07 Å². The minimum absolute atomic E-state index is 0.0397. The first-order chi connectivity index (χ1) is 14.3. The maximum atomic E-state index is 12.0. The monoisotopic (exact) mass is 409 g/mol. The summed E-state index contributed by atoms with van der Waals surface area (Å²) in [7, 11) is 0. The minimum Gasteiger partial charge on any atom is -0.456 e. The number of hydrogen-bond donors (Lipinski definition) is 2. The maximum absolute atomic E-state index is 12.0. The molecule has 1 aromatic heterocycles. The summed E-state index contributed by atoms with van der Waals surface area (Å²) in [4.78, 5) is 38.4.